The molecule has 2 fully saturated rings. The van der Waals surface area contributed by atoms with E-state index < -0.39 is 5.41 Å². The predicted molar refractivity (Wildman–Crippen MR) is 128 cm³/mol. The van der Waals surface area contributed by atoms with Crippen LogP contribution < -0.4 is 10.6 Å². The van der Waals surface area contributed by atoms with Gasteiger partial charge >= 0.3 is 5.97 Å². The highest BCUT2D eigenvalue weighted by atomic mass is 32.1. The maximum Gasteiger partial charge on any atom is 0.317 e. The second kappa shape index (κ2) is 10.7. The normalized spacial score (nSPS) is 22.3. The number of esters is 1. The van der Waals surface area contributed by atoms with Gasteiger partial charge in [0.1, 0.15) is 11.5 Å². The van der Waals surface area contributed by atoms with Crippen LogP contribution in [0.3, 0.4) is 0 Å². The van der Waals surface area contributed by atoms with Crippen molar-refractivity contribution in [2.24, 2.45) is 5.92 Å². The number of carbonyl (C=O) groups excluding carboxylic acids is 2. The van der Waals surface area contributed by atoms with Gasteiger partial charge in [-0.3, -0.25) is 14.9 Å². The zero-order chi connectivity index (χ0) is 23.3. The van der Waals surface area contributed by atoms with Crippen LogP contribution in [0.2, 0.25) is 0 Å². The second-order valence-electron chi connectivity index (χ2n) is 9.23. The molecule has 1 amide bonds. The number of ether oxygens (including phenoxy) is 1. The van der Waals surface area contributed by atoms with Crippen LogP contribution in [0.4, 0.5) is 5.88 Å². The molecule has 7 nitrogen and oxygen atoms in total. The number of carbonyl (C=O) groups is 2. The molecule has 2 heterocycles. The van der Waals surface area contributed by atoms with Gasteiger partial charge in [0.25, 0.3) is 0 Å². The van der Waals surface area contributed by atoms with Crippen LogP contribution in [-0.4, -0.2) is 36.2 Å². The molecule has 0 aromatic carbocycles. The largest absolute Gasteiger partial charge is 0.461 e. The van der Waals surface area contributed by atoms with E-state index in [1.165, 1.54) is 12.8 Å². The first kappa shape index (κ1) is 23.7. The average Bonchev–Trinajstić information content (AvgIpc) is 3.40. The van der Waals surface area contributed by atoms with Gasteiger partial charge in [0.15, 0.2) is 0 Å². The molecule has 2 N–H and O–H groups in total. The molecular formula is C25H33N3O4S. The molecule has 2 aliphatic carbocycles. The van der Waals surface area contributed by atoms with Crippen LogP contribution in [0.5, 0.6) is 0 Å². The van der Waals surface area contributed by atoms with Crippen molar-refractivity contribution in [1.82, 2.24) is 10.5 Å². The predicted octanol–water partition coefficient (Wildman–Crippen LogP) is 4.74. The van der Waals surface area contributed by atoms with Crippen molar-refractivity contribution >= 4 is 29.1 Å². The molecule has 0 bridgehead atoms. The lowest BCUT2D eigenvalue weighted by molar-refractivity contribution is -0.162. The third kappa shape index (κ3) is 5.55. The summed E-state index contributed by atoms with van der Waals surface area (Å²) < 4.78 is 11.1. The molecule has 0 saturated heterocycles. The first-order valence-electron chi connectivity index (χ1n) is 11.8. The minimum atomic E-state index is -0.498. The van der Waals surface area contributed by atoms with Crippen LogP contribution in [-0.2, 0) is 19.7 Å². The van der Waals surface area contributed by atoms with Crippen molar-refractivity contribution in [3.63, 3.8) is 0 Å². The van der Waals surface area contributed by atoms with Crippen molar-refractivity contribution in [3.8, 4) is 0 Å². The molecule has 2 aromatic heterocycles. The third-order valence-corrected chi connectivity index (χ3v) is 7.92. The summed E-state index contributed by atoms with van der Waals surface area (Å²) in [6.07, 6.45) is 7.59. The standard InChI is InChI=1S/C25H33N3O4S/c1-17-14-20(19(17)9-12-26-16-22(29)27-23-15-18(2)28-32-23)31-24(30)25(21-8-7-13-33-21)10-5-3-4-6-11-25/h7-8,13,15,19-20,26H,1,3-6,9-12,14,16H2,2H3,(H,27,29). The van der Waals surface area contributed by atoms with E-state index in [1.54, 1.807) is 24.3 Å². The number of amides is 1. The van der Waals surface area contributed by atoms with Gasteiger partial charge < -0.3 is 14.6 Å². The van der Waals surface area contributed by atoms with E-state index in [-0.39, 0.29) is 30.4 Å². The first-order chi connectivity index (χ1) is 16.0. The molecule has 2 atom stereocenters. The Morgan fingerprint density at radius 3 is 2.73 bits per heavy atom. The smallest absolute Gasteiger partial charge is 0.317 e. The molecule has 0 radical (unpaired) electrons. The fourth-order valence-corrected chi connectivity index (χ4v) is 5.89. The monoisotopic (exact) mass is 471 g/mol. The zero-order valence-corrected chi connectivity index (χ0v) is 20.0. The van der Waals surface area contributed by atoms with Gasteiger partial charge in [-0.25, -0.2) is 0 Å². The number of hydrogen-bond acceptors (Lipinski definition) is 7. The van der Waals surface area contributed by atoms with Crippen LogP contribution in [0.25, 0.3) is 0 Å². The summed E-state index contributed by atoms with van der Waals surface area (Å²) in [5.41, 5.74) is 1.33. The average molecular weight is 472 g/mol. The first-order valence-corrected chi connectivity index (χ1v) is 12.7. The highest BCUT2D eigenvalue weighted by molar-refractivity contribution is 7.10. The van der Waals surface area contributed by atoms with Crippen molar-refractivity contribution in [2.45, 2.75) is 69.8 Å². The molecular weight excluding hydrogens is 438 g/mol. The SMILES string of the molecule is C=C1CC(OC(=O)C2(c3cccs3)CCCCCC2)C1CCNCC(=O)Nc1cc(C)no1. The van der Waals surface area contributed by atoms with E-state index >= 15 is 0 Å². The van der Waals surface area contributed by atoms with E-state index in [9.17, 15) is 9.59 Å². The molecule has 0 spiro atoms. The molecule has 0 aliphatic heterocycles. The van der Waals surface area contributed by atoms with E-state index in [2.05, 4.69) is 33.8 Å². The van der Waals surface area contributed by atoms with Gasteiger partial charge in [0.2, 0.25) is 11.8 Å². The van der Waals surface area contributed by atoms with E-state index in [4.69, 9.17) is 9.26 Å². The Morgan fingerprint density at radius 1 is 1.30 bits per heavy atom. The van der Waals surface area contributed by atoms with Crippen molar-refractivity contribution < 1.29 is 18.8 Å². The Balaban J connectivity index is 1.27. The summed E-state index contributed by atoms with van der Waals surface area (Å²) in [7, 11) is 0. The Kier molecular flexibility index (Phi) is 7.65. The molecule has 2 aliphatic rings. The highest BCUT2D eigenvalue weighted by Crippen LogP contribution is 2.44. The number of rotatable bonds is 9. The lowest BCUT2D eigenvalue weighted by atomic mass is 9.74. The Morgan fingerprint density at radius 2 is 2.09 bits per heavy atom. The van der Waals surface area contributed by atoms with E-state index in [0.717, 1.165) is 49.0 Å². The topological polar surface area (TPSA) is 93.5 Å². The minimum Gasteiger partial charge on any atom is -0.461 e. The van der Waals surface area contributed by atoms with Crippen molar-refractivity contribution in [1.29, 1.82) is 0 Å². The maximum atomic E-state index is 13.5. The molecule has 33 heavy (non-hydrogen) atoms. The quantitative estimate of drug-likeness (QED) is 0.237. The van der Waals surface area contributed by atoms with Gasteiger partial charge in [-0.05, 0) is 44.2 Å². The molecule has 4 rings (SSSR count). The van der Waals surface area contributed by atoms with Crippen LogP contribution in [0, 0.1) is 12.8 Å². The van der Waals surface area contributed by atoms with Gasteiger partial charge in [-0.1, -0.05) is 49.1 Å². The minimum absolute atomic E-state index is 0.0657. The van der Waals surface area contributed by atoms with Gasteiger partial charge in [0.05, 0.1) is 12.2 Å². The van der Waals surface area contributed by atoms with E-state index in [1.807, 2.05) is 6.07 Å². The third-order valence-electron chi connectivity index (χ3n) is 6.84. The number of hydrogen-bond donors (Lipinski definition) is 2. The van der Waals surface area contributed by atoms with Crippen molar-refractivity contribution in [3.05, 3.63) is 46.3 Å². The summed E-state index contributed by atoms with van der Waals surface area (Å²) in [5, 5.41) is 11.6. The highest BCUT2D eigenvalue weighted by Gasteiger charge is 2.46. The summed E-state index contributed by atoms with van der Waals surface area (Å²) >= 11 is 1.66. The number of nitrogens with one attached hydrogen (secondary N) is 2. The van der Waals surface area contributed by atoms with Crippen molar-refractivity contribution in [2.75, 3.05) is 18.4 Å². The van der Waals surface area contributed by atoms with Crippen LogP contribution >= 0.6 is 11.3 Å². The summed E-state index contributed by atoms with van der Waals surface area (Å²) in [6.45, 7) is 6.75. The number of aromatic nitrogens is 1. The Labute approximate surface area is 198 Å². The summed E-state index contributed by atoms with van der Waals surface area (Å²) in [4.78, 5) is 26.7. The second-order valence-corrected chi connectivity index (χ2v) is 10.2. The number of aryl methyl sites for hydroxylation is 1. The lowest BCUT2D eigenvalue weighted by Crippen LogP contribution is -2.45. The van der Waals surface area contributed by atoms with E-state index in [0.29, 0.717) is 18.1 Å². The molecule has 2 unspecified atom stereocenters. The number of nitrogens with zero attached hydrogens (tertiary/aromatic N) is 1. The molecule has 178 valence electrons. The van der Waals surface area contributed by atoms with Crippen LogP contribution in [0.1, 0.15) is 61.9 Å². The fraction of sp³-hybridized carbons (Fsp3) is 0.560. The Hall–Kier alpha value is -2.45. The maximum absolute atomic E-state index is 13.5. The molecule has 2 saturated carbocycles. The van der Waals surface area contributed by atoms with Gasteiger partial charge in [0, 0.05) is 23.3 Å². The fourth-order valence-electron chi connectivity index (χ4n) is 4.92. The number of thiophene rings is 1. The van der Waals surface area contributed by atoms with Gasteiger partial charge in [-0.15, -0.1) is 11.3 Å². The molecule has 2 aromatic rings. The zero-order valence-electron chi connectivity index (χ0n) is 19.2. The van der Waals surface area contributed by atoms with Crippen LogP contribution in [0.15, 0.2) is 40.3 Å². The Bertz CT molecular complexity index is 960. The number of anilines is 1. The summed E-state index contributed by atoms with van der Waals surface area (Å²) in [6, 6.07) is 5.79. The molecule has 8 heteroatoms. The summed E-state index contributed by atoms with van der Waals surface area (Å²) in [5.74, 6) is 0.223. The van der Waals surface area contributed by atoms with Gasteiger partial charge in [-0.2, -0.15) is 0 Å². The lowest BCUT2D eigenvalue weighted by Gasteiger charge is -2.41.